The van der Waals surface area contributed by atoms with Crippen molar-refractivity contribution in [3.8, 4) is 0 Å². The Kier molecular flexibility index (Phi) is 66.2. The van der Waals surface area contributed by atoms with Crippen LogP contribution in [-0.2, 0) is 65.4 Å². The van der Waals surface area contributed by atoms with E-state index in [0.29, 0.717) is 31.6 Å². The number of phosphoric acid groups is 2. The summed E-state index contributed by atoms with van der Waals surface area (Å²) in [6.07, 6.45) is 54.6. The minimum atomic E-state index is -4.96. The van der Waals surface area contributed by atoms with Gasteiger partial charge in [0, 0.05) is 25.7 Å². The average Bonchev–Trinajstić information content (AvgIpc) is 1.58. The van der Waals surface area contributed by atoms with E-state index < -0.39 is 97.5 Å². The maximum absolute atomic E-state index is 13.1. The maximum Gasteiger partial charge on any atom is 0.472 e. The molecule has 3 unspecified atom stereocenters. The second kappa shape index (κ2) is 67.5. The molecule has 96 heavy (non-hydrogen) atoms. The molecule has 0 aromatic heterocycles. The molecule has 0 heterocycles. The summed E-state index contributed by atoms with van der Waals surface area (Å²) >= 11 is 0. The number of hydrogen-bond donors (Lipinski definition) is 3. The number of ether oxygens (including phenoxy) is 4. The highest BCUT2D eigenvalue weighted by Gasteiger charge is 2.30. The summed E-state index contributed by atoms with van der Waals surface area (Å²) in [6, 6.07) is 0. The molecule has 0 saturated carbocycles. The van der Waals surface area contributed by atoms with Gasteiger partial charge in [-0.1, -0.05) is 344 Å². The number of aliphatic hydroxyl groups excluding tert-OH is 1. The molecule has 6 atom stereocenters. The third-order valence-electron chi connectivity index (χ3n) is 18.2. The Morgan fingerprint density at radius 3 is 0.792 bits per heavy atom. The van der Waals surface area contributed by atoms with Crippen molar-refractivity contribution in [1.29, 1.82) is 0 Å². The number of rotatable bonds is 75. The Morgan fingerprint density at radius 1 is 0.302 bits per heavy atom. The topological polar surface area (TPSA) is 237 Å². The van der Waals surface area contributed by atoms with Crippen molar-refractivity contribution in [2.75, 3.05) is 39.6 Å². The van der Waals surface area contributed by atoms with Crippen LogP contribution in [0.2, 0.25) is 0 Å². The molecule has 0 aliphatic rings. The summed E-state index contributed by atoms with van der Waals surface area (Å²) in [7, 11) is -9.90. The van der Waals surface area contributed by atoms with Gasteiger partial charge >= 0.3 is 39.5 Å². The van der Waals surface area contributed by atoms with Crippen LogP contribution in [0.25, 0.3) is 0 Å². The van der Waals surface area contributed by atoms with Crippen LogP contribution in [0.1, 0.15) is 395 Å². The molecule has 0 aliphatic carbocycles. The van der Waals surface area contributed by atoms with E-state index in [1.807, 2.05) is 0 Å². The smallest absolute Gasteiger partial charge is 0.462 e. The Hall–Kier alpha value is -1.94. The van der Waals surface area contributed by atoms with Crippen LogP contribution in [0.3, 0.4) is 0 Å². The van der Waals surface area contributed by atoms with Gasteiger partial charge in [-0.25, -0.2) is 9.13 Å². The van der Waals surface area contributed by atoms with E-state index >= 15 is 0 Å². The predicted molar refractivity (Wildman–Crippen MR) is 391 cm³/mol. The van der Waals surface area contributed by atoms with Crippen molar-refractivity contribution in [2.45, 2.75) is 414 Å². The summed E-state index contributed by atoms with van der Waals surface area (Å²) in [5.41, 5.74) is 0. The van der Waals surface area contributed by atoms with Crippen molar-refractivity contribution < 1.29 is 80.2 Å². The molecule has 19 heteroatoms. The monoisotopic (exact) mass is 1410 g/mol. The molecule has 0 aliphatic heterocycles. The van der Waals surface area contributed by atoms with Crippen LogP contribution >= 0.6 is 15.6 Å². The predicted octanol–water partition coefficient (Wildman–Crippen LogP) is 22.6. The Labute approximate surface area is 588 Å². The lowest BCUT2D eigenvalue weighted by Crippen LogP contribution is -2.30. The Balaban J connectivity index is 5.14. The van der Waals surface area contributed by atoms with E-state index in [2.05, 4.69) is 48.5 Å². The van der Waals surface area contributed by atoms with Crippen molar-refractivity contribution in [3.63, 3.8) is 0 Å². The molecule has 0 rings (SSSR count). The van der Waals surface area contributed by atoms with Gasteiger partial charge in [0.05, 0.1) is 26.4 Å². The first-order chi connectivity index (χ1) is 46.3. The molecule has 0 fully saturated rings. The number of aliphatic hydroxyl groups is 1. The van der Waals surface area contributed by atoms with Crippen LogP contribution in [0.15, 0.2) is 0 Å². The standard InChI is InChI=1S/C77H150O17P2/c1-8-10-11-12-34-44-51-58-74(79)87-64-73(94-77(82)61-54-47-40-39-42-49-56-69(5)6)67-92-96(85,86)90-63-71(78)62-89-95(83,84)91-66-72(65-88-75(80)59-52-45-37-32-28-24-21-17-18-22-26-30-35-41-48-55-68(3)4)93-76(81)60-53-46-38-33-29-25-20-16-14-13-15-19-23-27-31-36-43-50-57-70(7)9-2/h68-73,78H,8-67H2,1-7H3,(H,83,84)(H,85,86)/t70?,71-,72-,73-/m1/s1. The molecular weight excluding hydrogens is 1260 g/mol. The van der Waals surface area contributed by atoms with Crippen LogP contribution in [0.5, 0.6) is 0 Å². The maximum atomic E-state index is 13.1. The van der Waals surface area contributed by atoms with Gasteiger partial charge in [-0.3, -0.25) is 37.3 Å². The van der Waals surface area contributed by atoms with Crippen molar-refractivity contribution in [3.05, 3.63) is 0 Å². The lowest BCUT2D eigenvalue weighted by Gasteiger charge is -2.21. The fourth-order valence-corrected chi connectivity index (χ4v) is 13.3. The number of unbranched alkanes of at least 4 members (excludes halogenated alkanes) is 42. The highest BCUT2D eigenvalue weighted by atomic mass is 31.2. The molecule has 17 nitrogen and oxygen atoms in total. The number of hydrogen-bond acceptors (Lipinski definition) is 15. The Morgan fingerprint density at radius 2 is 0.531 bits per heavy atom. The minimum Gasteiger partial charge on any atom is -0.462 e. The number of carbonyl (C=O) groups is 4. The van der Waals surface area contributed by atoms with Gasteiger partial charge < -0.3 is 33.8 Å². The summed E-state index contributed by atoms with van der Waals surface area (Å²) in [5, 5.41) is 10.6. The van der Waals surface area contributed by atoms with Crippen LogP contribution < -0.4 is 0 Å². The normalized spacial score (nSPS) is 14.3. The second-order valence-electron chi connectivity index (χ2n) is 28.9. The van der Waals surface area contributed by atoms with Gasteiger partial charge in [-0.05, 0) is 43.4 Å². The fraction of sp³-hybridized carbons (Fsp3) is 0.948. The van der Waals surface area contributed by atoms with Crippen molar-refractivity contribution >= 4 is 39.5 Å². The zero-order valence-corrected chi connectivity index (χ0v) is 64.6. The van der Waals surface area contributed by atoms with Crippen molar-refractivity contribution in [1.82, 2.24) is 0 Å². The molecule has 0 radical (unpaired) electrons. The SMILES string of the molecule is CCCCCCCCCC(=O)OC[C@H](COP(=O)(O)OC[C@H](O)COP(=O)(O)OC[C@@H](COC(=O)CCCCCCCCCCCCCCCCCC(C)C)OC(=O)CCCCCCCCCCCCCCCCCCCCC(C)CC)OC(=O)CCCCCCCCC(C)C. The lowest BCUT2D eigenvalue weighted by atomic mass is 9.99. The van der Waals surface area contributed by atoms with Crippen LogP contribution in [0.4, 0.5) is 0 Å². The van der Waals surface area contributed by atoms with Gasteiger partial charge in [0.15, 0.2) is 12.2 Å². The highest BCUT2D eigenvalue weighted by molar-refractivity contribution is 7.47. The molecule has 0 spiro atoms. The lowest BCUT2D eigenvalue weighted by molar-refractivity contribution is -0.161. The molecule has 570 valence electrons. The van der Waals surface area contributed by atoms with E-state index in [1.54, 1.807) is 0 Å². The van der Waals surface area contributed by atoms with E-state index in [4.69, 9.17) is 37.0 Å². The third kappa shape index (κ3) is 69.2. The average molecular weight is 1410 g/mol. The summed E-state index contributed by atoms with van der Waals surface area (Å²) in [5.74, 6) is 0.220. The quantitative estimate of drug-likeness (QED) is 0.0222. The molecule has 0 bridgehead atoms. The van der Waals surface area contributed by atoms with Gasteiger partial charge in [0.2, 0.25) is 0 Å². The third-order valence-corrected chi connectivity index (χ3v) is 20.1. The van der Waals surface area contributed by atoms with E-state index in [0.717, 1.165) is 115 Å². The zero-order chi connectivity index (χ0) is 70.9. The van der Waals surface area contributed by atoms with E-state index in [1.165, 1.54) is 193 Å². The highest BCUT2D eigenvalue weighted by Crippen LogP contribution is 2.45. The number of carbonyl (C=O) groups excluding carboxylic acids is 4. The first kappa shape index (κ1) is 94.1. The molecule has 0 aromatic rings. The van der Waals surface area contributed by atoms with Gasteiger partial charge in [-0.2, -0.15) is 0 Å². The summed E-state index contributed by atoms with van der Waals surface area (Å²) < 4.78 is 68.3. The molecular formula is C77H150O17P2. The van der Waals surface area contributed by atoms with Gasteiger partial charge in [0.25, 0.3) is 0 Å². The van der Waals surface area contributed by atoms with Gasteiger partial charge in [0.1, 0.15) is 19.3 Å². The largest absolute Gasteiger partial charge is 0.472 e. The van der Waals surface area contributed by atoms with E-state index in [-0.39, 0.29) is 25.7 Å². The van der Waals surface area contributed by atoms with Gasteiger partial charge in [-0.15, -0.1) is 0 Å². The minimum absolute atomic E-state index is 0.102. The molecule has 0 saturated heterocycles. The summed E-state index contributed by atoms with van der Waals surface area (Å²) in [6.45, 7) is 11.9. The first-order valence-electron chi connectivity index (χ1n) is 39.9. The first-order valence-corrected chi connectivity index (χ1v) is 42.9. The fourth-order valence-electron chi connectivity index (χ4n) is 11.7. The second-order valence-corrected chi connectivity index (χ2v) is 31.8. The van der Waals surface area contributed by atoms with Crippen LogP contribution in [-0.4, -0.2) is 96.7 Å². The zero-order valence-electron chi connectivity index (χ0n) is 62.8. The van der Waals surface area contributed by atoms with E-state index in [9.17, 15) is 43.2 Å². The Bertz CT molecular complexity index is 1870. The van der Waals surface area contributed by atoms with Crippen LogP contribution in [0, 0.1) is 17.8 Å². The molecule has 0 amide bonds. The number of esters is 4. The number of phosphoric ester groups is 2. The van der Waals surface area contributed by atoms with Crippen molar-refractivity contribution in [2.24, 2.45) is 17.8 Å². The molecule has 0 aromatic carbocycles. The summed E-state index contributed by atoms with van der Waals surface area (Å²) in [4.78, 5) is 72.6. The molecule has 3 N–H and O–H groups in total.